The van der Waals surface area contributed by atoms with Gasteiger partial charge in [-0.3, -0.25) is 9.59 Å². The summed E-state index contributed by atoms with van der Waals surface area (Å²) in [6.45, 7) is 7.22. The molecule has 7 nitrogen and oxygen atoms in total. The van der Waals surface area contributed by atoms with Crippen LogP contribution in [0.2, 0.25) is 0 Å². The minimum absolute atomic E-state index is 0.00969. The monoisotopic (exact) mass is 367 g/mol. The van der Waals surface area contributed by atoms with Crippen LogP contribution in [0.4, 0.5) is 0 Å². The van der Waals surface area contributed by atoms with Gasteiger partial charge in [-0.05, 0) is 37.6 Å². The molecule has 2 amide bonds. The van der Waals surface area contributed by atoms with Gasteiger partial charge in [-0.1, -0.05) is 6.92 Å². The third kappa shape index (κ3) is 4.79. The van der Waals surface area contributed by atoms with E-state index in [1.165, 1.54) is 31.2 Å². The van der Waals surface area contributed by atoms with Crippen molar-refractivity contribution in [2.24, 2.45) is 0 Å². The molecule has 0 aromatic heterocycles. The van der Waals surface area contributed by atoms with E-state index < -0.39 is 10.0 Å². The van der Waals surface area contributed by atoms with Gasteiger partial charge in [0.2, 0.25) is 15.9 Å². The van der Waals surface area contributed by atoms with Crippen LogP contribution in [-0.2, 0) is 14.8 Å². The van der Waals surface area contributed by atoms with Crippen LogP contribution in [0.1, 0.15) is 37.6 Å². The van der Waals surface area contributed by atoms with Gasteiger partial charge in [0.1, 0.15) is 0 Å². The number of amides is 2. The summed E-state index contributed by atoms with van der Waals surface area (Å²) >= 11 is 0. The normalized spacial score (nSPS) is 16.6. The van der Waals surface area contributed by atoms with E-state index in [0.717, 1.165) is 0 Å². The van der Waals surface area contributed by atoms with Crippen LogP contribution in [0.25, 0.3) is 0 Å². The molecule has 1 N–H and O–H groups in total. The van der Waals surface area contributed by atoms with Crippen molar-refractivity contribution >= 4 is 21.8 Å². The number of hydrogen-bond donors (Lipinski definition) is 1. The van der Waals surface area contributed by atoms with Crippen LogP contribution in [0.5, 0.6) is 0 Å². The number of nitrogens with one attached hydrogen (secondary N) is 1. The van der Waals surface area contributed by atoms with E-state index in [2.05, 4.69) is 4.72 Å². The van der Waals surface area contributed by atoms with Crippen LogP contribution in [-0.4, -0.2) is 62.3 Å². The summed E-state index contributed by atoms with van der Waals surface area (Å²) in [5.41, 5.74) is 0.443. The van der Waals surface area contributed by atoms with E-state index in [9.17, 15) is 18.0 Å². The first kappa shape index (κ1) is 19.4. The Hall–Kier alpha value is -1.93. The first-order valence-electron chi connectivity index (χ1n) is 8.41. The Morgan fingerprint density at radius 3 is 2.08 bits per heavy atom. The highest BCUT2D eigenvalue weighted by atomic mass is 32.2. The maximum Gasteiger partial charge on any atom is 0.253 e. The summed E-state index contributed by atoms with van der Waals surface area (Å²) in [6, 6.07) is 5.81. The molecule has 8 heteroatoms. The number of carbonyl (C=O) groups excluding carboxylic acids is 2. The topological polar surface area (TPSA) is 86.8 Å². The molecule has 0 spiro atoms. The van der Waals surface area contributed by atoms with Crippen molar-refractivity contribution in [2.75, 3.05) is 26.2 Å². The summed E-state index contributed by atoms with van der Waals surface area (Å²) < 4.78 is 27.1. The highest BCUT2D eigenvalue weighted by Crippen LogP contribution is 2.14. The molecule has 1 atom stereocenters. The average molecular weight is 367 g/mol. The van der Waals surface area contributed by atoms with Crippen molar-refractivity contribution < 1.29 is 18.0 Å². The van der Waals surface area contributed by atoms with Gasteiger partial charge in [-0.15, -0.1) is 0 Å². The third-order valence-electron chi connectivity index (χ3n) is 4.39. The molecule has 0 bridgehead atoms. The Balaban J connectivity index is 2.05. The van der Waals surface area contributed by atoms with Crippen molar-refractivity contribution in [2.45, 2.75) is 38.1 Å². The van der Waals surface area contributed by atoms with Gasteiger partial charge in [0, 0.05) is 44.7 Å². The molecule has 1 saturated heterocycles. The van der Waals surface area contributed by atoms with Gasteiger partial charge in [0.05, 0.1) is 4.90 Å². The van der Waals surface area contributed by atoms with Crippen molar-refractivity contribution in [3.05, 3.63) is 29.8 Å². The number of hydrogen-bond acceptors (Lipinski definition) is 4. The number of piperazine rings is 1. The Bertz CT molecular complexity index is 723. The maximum atomic E-state index is 12.5. The second-order valence-corrected chi connectivity index (χ2v) is 7.97. The highest BCUT2D eigenvalue weighted by molar-refractivity contribution is 7.89. The lowest BCUT2D eigenvalue weighted by molar-refractivity contribution is -0.130. The summed E-state index contributed by atoms with van der Waals surface area (Å²) in [4.78, 5) is 27.4. The van der Waals surface area contributed by atoms with Gasteiger partial charge in [-0.2, -0.15) is 0 Å². The fourth-order valence-electron chi connectivity index (χ4n) is 2.60. The molecule has 1 unspecified atom stereocenters. The van der Waals surface area contributed by atoms with Crippen LogP contribution >= 0.6 is 0 Å². The average Bonchev–Trinajstić information content (AvgIpc) is 2.60. The Kier molecular flexibility index (Phi) is 6.18. The standard InChI is InChI=1S/C17H25N3O4S/c1-4-13(2)18-25(23,24)16-7-5-15(6-8-16)17(22)20-11-9-19(10-12-20)14(3)21/h5-8,13,18H,4,9-12H2,1-3H3. The number of sulfonamides is 1. The first-order chi connectivity index (χ1) is 11.7. The zero-order valence-corrected chi connectivity index (χ0v) is 15.7. The number of rotatable bonds is 5. The molecule has 138 valence electrons. The summed E-state index contributed by atoms with van der Waals surface area (Å²) in [5.74, 6) is -0.141. The predicted octanol–water partition coefficient (Wildman–Crippen LogP) is 1.07. The van der Waals surface area contributed by atoms with Gasteiger partial charge < -0.3 is 9.80 Å². The minimum atomic E-state index is -3.57. The van der Waals surface area contributed by atoms with E-state index in [1.54, 1.807) is 16.7 Å². The smallest absolute Gasteiger partial charge is 0.253 e. The first-order valence-corrected chi connectivity index (χ1v) is 9.90. The lowest BCUT2D eigenvalue weighted by Gasteiger charge is -2.34. The van der Waals surface area contributed by atoms with Gasteiger partial charge in [0.15, 0.2) is 0 Å². The van der Waals surface area contributed by atoms with Crippen LogP contribution in [0.3, 0.4) is 0 Å². The van der Waals surface area contributed by atoms with Crippen molar-refractivity contribution in [1.29, 1.82) is 0 Å². The second kappa shape index (κ2) is 7.97. The van der Waals surface area contributed by atoms with E-state index in [1.807, 2.05) is 6.92 Å². The molecular weight excluding hydrogens is 342 g/mol. The van der Waals surface area contributed by atoms with E-state index in [-0.39, 0.29) is 22.8 Å². The van der Waals surface area contributed by atoms with E-state index in [4.69, 9.17) is 0 Å². The molecular formula is C17H25N3O4S. The molecule has 0 aliphatic carbocycles. The molecule has 1 aromatic rings. The van der Waals surface area contributed by atoms with Crippen LogP contribution in [0.15, 0.2) is 29.2 Å². The fourth-order valence-corrected chi connectivity index (χ4v) is 3.93. The number of benzene rings is 1. The van der Waals surface area contributed by atoms with Crippen LogP contribution < -0.4 is 4.72 Å². The number of carbonyl (C=O) groups is 2. The quantitative estimate of drug-likeness (QED) is 0.843. The third-order valence-corrected chi connectivity index (χ3v) is 6.00. The molecule has 0 radical (unpaired) electrons. The lowest BCUT2D eigenvalue weighted by atomic mass is 10.2. The molecule has 1 aliphatic rings. The summed E-state index contributed by atoms with van der Waals surface area (Å²) in [5, 5.41) is 0. The van der Waals surface area contributed by atoms with Gasteiger partial charge in [-0.25, -0.2) is 13.1 Å². The van der Waals surface area contributed by atoms with E-state index in [0.29, 0.717) is 38.2 Å². The zero-order chi connectivity index (χ0) is 18.6. The summed E-state index contributed by atoms with van der Waals surface area (Å²) in [6.07, 6.45) is 0.696. The Labute approximate surface area is 149 Å². The molecule has 25 heavy (non-hydrogen) atoms. The van der Waals surface area contributed by atoms with E-state index >= 15 is 0 Å². The molecule has 1 heterocycles. The Morgan fingerprint density at radius 2 is 1.60 bits per heavy atom. The minimum Gasteiger partial charge on any atom is -0.339 e. The van der Waals surface area contributed by atoms with Crippen molar-refractivity contribution in [1.82, 2.24) is 14.5 Å². The zero-order valence-electron chi connectivity index (χ0n) is 14.9. The predicted molar refractivity (Wildman–Crippen MR) is 94.7 cm³/mol. The number of nitrogens with zero attached hydrogens (tertiary/aromatic N) is 2. The fraction of sp³-hybridized carbons (Fsp3) is 0.529. The SMILES string of the molecule is CCC(C)NS(=O)(=O)c1ccc(C(=O)N2CCN(C(C)=O)CC2)cc1. The largest absolute Gasteiger partial charge is 0.339 e. The Morgan fingerprint density at radius 1 is 1.08 bits per heavy atom. The second-order valence-electron chi connectivity index (χ2n) is 6.25. The van der Waals surface area contributed by atoms with Gasteiger partial charge in [0.25, 0.3) is 5.91 Å². The van der Waals surface area contributed by atoms with Crippen molar-refractivity contribution in [3.63, 3.8) is 0 Å². The van der Waals surface area contributed by atoms with Crippen molar-refractivity contribution in [3.8, 4) is 0 Å². The highest BCUT2D eigenvalue weighted by Gasteiger charge is 2.24. The van der Waals surface area contributed by atoms with Crippen LogP contribution in [0, 0.1) is 0 Å². The molecule has 0 saturated carbocycles. The lowest BCUT2D eigenvalue weighted by Crippen LogP contribution is -2.50. The molecule has 2 rings (SSSR count). The molecule has 1 fully saturated rings. The summed E-state index contributed by atoms with van der Waals surface area (Å²) in [7, 11) is -3.57. The maximum absolute atomic E-state index is 12.5. The van der Waals surface area contributed by atoms with Gasteiger partial charge >= 0.3 is 0 Å². The molecule has 1 aromatic carbocycles. The molecule has 1 aliphatic heterocycles.